The quantitative estimate of drug-likeness (QED) is 0.302. The molecule has 0 amide bonds. The predicted octanol–water partition coefficient (Wildman–Crippen LogP) is -0.298. The molecule has 0 spiro atoms. The van der Waals surface area contributed by atoms with Crippen LogP contribution in [0.4, 0.5) is 0 Å². The Morgan fingerprint density at radius 3 is 0.714 bits per heavy atom. The van der Waals surface area contributed by atoms with Gasteiger partial charge in [0.05, 0.1) is 39.3 Å². The molecule has 0 atom stereocenters. The maximum atomic E-state index is 7.50. The SMILES string of the molecule is C1CN1[PH+](N1CC1)N1CC1.[C-]#[O+].[C-]#[O+].[C-]#[O+].[C-]#[O+].[C-]#[O+].[Cr+5]. The number of nitrogens with zero attached hydrogens (tertiary/aromatic N) is 3. The van der Waals surface area contributed by atoms with E-state index in [0.717, 1.165) is 0 Å². The number of rotatable bonds is 3. The van der Waals surface area contributed by atoms with Crippen molar-refractivity contribution in [2.75, 3.05) is 39.3 Å². The van der Waals surface area contributed by atoms with E-state index in [2.05, 4.69) is 47.3 Å². The van der Waals surface area contributed by atoms with Gasteiger partial charge in [-0.25, -0.2) is 0 Å². The van der Waals surface area contributed by atoms with Gasteiger partial charge in [-0.2, -0.15) is 0 Å². The van der Waals surface area contributed by atoms with Gasteiger partial charge in [0.1, 0.15) is 0 Å². The molecule has 10 heteroatoms. The molecular weight excluding hydrogens is 337 g/mol. The molecule has 0 saturated carbocycles. The van der Waals surface area contributed by atoms with Crippen molar-refractivity contribution in [2.24, 2.45) is 0 Å². The van der Waals surface area contributed by atoms with Crippen LogP contribution in [0.3, 0.4) is 0 Å². The molecule has 21 heavy (non-hydrogen) atoms. The van der Waals surface area contributed by atoms with Crippen LogP contribution in [-0.4, -0.2) is 53.3 Å². The van der Waals surface area contributed by atoms with Gasteiger partial charge in [0.25, 0.3) is 0 Å². The first-order chi connectivity index (χ1) is 9.95. The van der Waals surface area contributed by atoms with Gasteiger partial charge in [-0.05, 0) is 0 Å². The molecule has 3 saturated heterocycles. The van der Waals surface area contributed by atoms with Crippen molar-refractivity contribution in [1.82, 2.24) is 14.0 Å². The molecular formula is C11H13CrN3O5P+6. The molecule has 1 radical (unpaired) electrons. The number of hydrogen-bond donors (Lipinski definition) is 0. The second kappa shape index (κ2) is 21.8. The van der Waals surface area contributed by atoms with Crippen LogP contribution in [0.1, 0.15) is 0 Å². The van der Waals surface area contributed by atoms with Crippen molar-refractivity contribution < 1.29 is 40.6 Å². The van der Waals surface area contributed by atoms with Gasteiger partial charge >= 0.3 is 73.9 Å². The second-order valence-corrected chi connectivity index (χ2v) is 5.76. The van der Waals surface area contributed by atoms with Crippen molar-refractivity contribution in [1.29, 1.82) is 0 Å². The summed E-state index contributed by atoms with van der Waals surface area (Å²) in [5, 5.41) is 0. The first-order valence-electron chi connectivity index (χ1n) is 5.09. The zero-order chi connectivity index (χ0) is 16.6. The van der Waals surface area contributed by atoms with Crippen molar-refractivity contribution in [3.8, 4) is 0 Å². The Kier molecular flexibility index (Phi) is 29.8. The van der Waals surface area contributed by atoms with Crippen LogP contribution in [0, 0.1) is 33.3 Å². The third-order valence-corrected chi connectivity index (χ3v) is 5.23. The maximum Gasteiger partial charge on any atom is 5.00 e. The Labute approximate surface area is 136 Å². The average Bonchev–Trinajstić information content (AvgIpc) is 3.41. The van der Waals surface area contributed by atoms with Crippen LogP contribution < -0.4 is 0 Å². The summed E-state index contributed by atoms with van der Waals surface area (Å²) in [7, 11) is -0.262. The molecule has 0 aromatic rings. The Morgan fingerprint density at radius 2 is 0.619 bits per heavy atom. The van der Waals surface area contributed by atoms with Crippen LogP contribution >= 0.6 is 8.37 Å². The van der Waals surface area contributed by atoms with Crippen molar-refractivity contribution in [3.63, 3.8) is 0 Å². The molecule has 3 fully saturated rings. The molecule has 0 N–H and O–H groups in total. The molecule has 3 aliphatic heterocycles. The van der Waals surface area contributed by atoms with Crippen LogP contribution in [-0.2, 0) is 40.6 Å². The zero-order valence-electron chi connectivity index (χ0n) is 11.0. The fourth-order valence-corrected chi connectivity index (χ4v) is 4.05. The fraction of sp³-hybridized carbons (Fsp3) is 0.545. The summed E-state index contributed by atoms with van der Waals surface area (Å²) in [6, 6.07) is 0. The van der Waals surface area contributed by atoms with E-state index in [0.29, 0.717) is 0 Å². The Hall–Kier alpha value is -0.458. The van der Waals surface area contributed by atoms with Crippen molar-refractivity contribution in [2.45, 2.75) is 0 Å². The fourth-order valence-electron chi connectivity index (χ4n) is 1.35. The van der Waals surface area contributed by atoms with E-state index >= 15 is 0 Å². The van der Waals surface area contributed by atoms with Crippen LogP contribution in [0.15, 0.2) is 0 Å². The molecule has 0 bridgehead atoms. The summed E-state index contributed by atoms with van der Waals surface area (Å²) in [5.74, 6) is 0. The van der Waals surface area contributed by atoms with Crippen LogP contribution in [0.25, 0.3) is 0 Å². The molecule has 107 valence electrons. The van der Waals surface area contributed by atoms with Gasteiger partial charge in [-0.3, -0.25) is 0 Å². The molecule has 8 nitrogen and oxygen atoms in total. The average molecular weight is 350 g/mol. The topological polar surface area (TPSA) is 109 Å². The van der Waals surface area contributed by atoms with E-state index in [1.807, 2.05) is 0 Å². The monoisotopic (exact) mass is 350 g/mol. The summed E-state index contributed by atoms with van der Waals surface area (Å²) in [6.07, 6.45) is 0. The van der Waals surface area contributed by atoms with Gasteiger partial charge in [0.2, 0.25) is 8.37 Å². The Balaban J connectivity index is -0.000000115. The van der Waals surface area contributed by atoms with E-state index in [9.17, 15) is 0 Å². The molecule has 3 rings (SSSR count). The largest absolute Gasteiger partial charge is 5.00 e. The van der Waals surface area contributed by atoms with E-state index in [-0.39, 0.29) is 25.7 Å². The minimum absolute atomic E-state index is 0. The minimum Gasteiger partial charge on any atom is 5.00 e. The summed E-state index contributed by atoms with van der Waals surface area (Å²) in [4.78, 5) is 0. The van der Waals surface area contributed by atoms with Crippen molar-refractivity contribution in [3.05, 3.63) is 33.3 Å². The molecule has 0 aromatic heterocycles. The predicted molar refractivity (Wildman–Crippen MR) is 62.7 cm³/mol. The minimum atomic E-state index is -0.262. The van der Waals surface area contributed by atoms with Crippen LogP contribution in [0.5, 0.6) is 0 Å². The molecule has 0 unspecified atom stereocenters. The number of hydrogen-bond acceptors (Lipinski definition) is 3. The summed E-state index contributed by atoms with van der Waals surface area (Å²) >= 11 is 0. The third-order valence-electron chi connectivity index (χ3n) is 2.19. The summed E-state index contributed by atoms with van der Waals surface area (Å²) in [6.45, 7) is 30.8. The van der Waals surface area contributed by atoms with Gasteiger partial charge < -0.3 is 0 Å². The Morgan fingerprint density at radius 1 is 0.476 bits per heavy atom. The molecule has 0 aliphatic carbocycles. The first kappa shape index (κ1) is 28.7. The van der Waals surface area contributed by atoms with Crippen molar-refractivity contribution >= 4 is 8.37 Å². The first-order valence-corrected chi connectivity index (χ1v) is 6.43. The molecule has 3 heterocycles. The maximum absolute atomic E-state index is 7.50. The Bertz CT molecular complexity index is 272. The third kappa shape index (κ3) is 14.3. The van der Waals surface area contributed by atoms with E-state index in [4.69, 9.17) is 23.3 Å². The second-order valence-electron chi connectivity index (χ2n) is 3.26. The normalized spacial score (nSPS) is 16.3. The zero-order valence-corrected chi connectivity index (χ0v) is 13.3. The van der Waals surface area contributed by atoms with E-state index < -0.39 is 0 Å². The van der Waals surface area contributed by atoms with E-state index in [1.165, 1.54) is 39.3 Å². The summed E-state index contributed by atoms with van der Waals surface area (Å²) < 4.78 is 45.4. The van der Waals surface area contributed by atoms with E-state index in [1.54, 1.807) is 0 Å². The molecule has 3 aliphatic rings. The smallest absolute Gasteiger partial charge is 5.00 e. The summed E-state index contributed by atoms with van der Waals surface area (Å²) in [5.41, 5.74) is 0. The van der Waals surface area contributed by atoms with Gasteiger partial charge in [-0.1, -0.05) is 0 Å². The molecule has 0 aromatic carbocycles. The van der Waals surface area contributed by atoms with Gasteiger partial charge in [-0.15, -0.1) is 14.0 Å². The van der Waals surface area contributed by atoms with Gasteiger partial charge in [0.15, 0.2) is 0 Å². The van der Waals surface area contributed by atoms with Gasteiger partial charge in [0, 0.05) is 0 Å². The van der Waals surface area contributed by atoms with Crippen LogP contribution in [0.2, 0.25) is 0 Å². The standard InChI is InChI=1S/C6H12N3P.5CO.Cr/c1-2-7(1)10(8-3-4-8)9-5-6-9;5*1-2;/h1-6H2;;;;;;/q;;;;;;+5/p+1.